The van der Waals surface area contributed by atoms with Crippen LogP contribution in [0.1, 0.15) is 30.9 Å². The molecule has 1 aromatic carbocycles. The minimum absolute atomic E-state index is 0.0742. The highest BCUT2D eigenvalue weighted by atomic mass is 19.1. The lowest BCUT2D eigenvalue weighted by atomic mass is 9.96. The lowest BCUT2D eigenvalue weighted by Gasteiger charge is -2.10. The standard InChI is InChI=1S/C11H14FNO2/c1-3-9-5-4-6-10(8(2)7-12)11(9)13(14)15/h4-6,8H,3,7H2,1-2H3. The first-order chi connectivity index (χ1) is 7.11. The van der Waals surface area contributed by atoms with Crippen molar-refractivity contribution in [1.82, 2.24) is 0 Å². The average molecular weight is 211 g/mol. The number of alkyl halides is 1. The van der Waals surface area contributed by atoms with E-state index in [4.69, 9.17) is 0 Å². The van der Waals surface area contributed by atoms with Crippen LogP contribution in [-0.4, -0.2) is 11.6 Å². The number of rotatable bonds is 4. The van der Waals surface area contributed by atoms with E-state index in [0.29, 0.717) is 17.5 Å². The SMILES string of the molecule is CCc1cccc(C(C)CF)c1[N+](=O)[O-]. The van der Waals surface area contributed by atoms with Crippen molar-refractivity contribution >= 4 is 5.69 Å². The molecule has 0 spiro atoms. The van der Waals surface area contributed by atoms with E-state index >= 15 is 0 Å². The number of nitrogens with zero attached hydrogens (tertiary/aromatic N) is 1. The first-order valence-electron chi connectivity index (χ1n) is 4.93. The molecule has 0 aliphatic carbocycles. The van der Waals surface area contributed by atoms with E-state index < -0.39 is 17.5 Å². The Morgan fingerprint density at radius 1 is 1.53 bits per heavy atom. The van der Waals surface area contributed by atoms with Gasteiger partial charge >= 0.3 is 0 Å². The molecular formula is C11H14FNO2. The minimum atomic E-state index is -0.575. The molecule has 0 amide bonds. The molecule has 0 heterocycles. The van der Waals surface area contributed by atoms with E-state index in [1.165, 1.54) is 0 Å². The van der Waals surface area contributed by atoms with Gasteiger partial charge in [-0.3, -0.25) is 14.5 Å². The zero-order valence-electron chi connectivity index (χ0n) is 8.87. The minimum Gasteiger partial charge on any atom is -0.258 e. The van der Waals surface area contributed by atoms with Crippen molar-refractivity contribution in [2.45, 2.75) is 26.2 Å². The third kappa shape index (κ3) is 2.32. The molecule has 15 heavy (non-hydrogen) atoms. The largest absolute Gasteiger partial charge is 0.276 e. The third-order valence-corrected chi connectivity index (χ3v) is 2.48. The number of aryl methyl sites for hydroxylation is 1. The van der Waals surface area contributed by atoms with E-state index in [2.05, 4.69) is 0 Å². The monoisotopic (exact) mass is 211 g/mol. The summed E-state index contributed by atoms with van der Waals surface area (Å²) in [4.78, 5) is 10.5. The number of hydrogen-bond donors (Lipinski definition) is 0. The highest BCUT2D eigenvalue weighted by molar-refractivity contribution is 5.49. The van der Waals surface area contributed by atoms with Crippen molar-refractivity contribution in [2.75, 3.05) is 6.67 Å². The fraction of sp³-hybridized carbons (Fsp3) is 0.455. The molecule has 3 nitrogen and oxygen atoms in total. The Balaban J connectivity index is 3.31. The molecule has 0 radical (unpaired) electrons. The highest BCUT2D eigenvalue weighted by Gasteiger charge is 2.21. The van der Waals surface area contributed by atoms with Gasteiger partial charge in [-0.2, -0.15) is 0 Å². The molecule has 1 unspecified atom stereocenters. The second kappa shape index (κ2) is 4.87. The molecule has 0 aliphatic rings. The van der Waals surface area contributed by atoms with Gasteiger partial charge in [0.1, 0.15) is 0 Å². The average Bonchev–Trinajstić information content (AvgIpc) is 2.26. The number of benzene rings is 1. The number of halogens is 1. The Hall–Kier alpha value is -1.45. The molecule has 82 valence electrons. The van der Waals surface area contributed by atoms with Gasteiger partial charge in [0.05, 0.1) is 11.6 Å². The summed E-state index contributed by atoms with van der Waals surface area (Å²) < 4.78 is 12.5. The maximum absolute atomic E-state index is 12.5. The van der Waals surface area contributed by atoms with Gasteiger partial charge in [0, 0.05) is 17.0 Å². The van der Waals surface area contributed by atoms with Crippen LogP contribution in [0.2, 0.25) is 0 Å². The van der Waals surface area contributed by atoms with E-state index in [1.54, 1.807) is 25.1 Å². The Kier molecular flexibility index (Phi) is 3.77. The lowest BCUT2D eigenvalue weighted by molar-refractivity contribution is -0.386. The maximum atomic E-state index is 12.5. The Bertz CT molecular complexity index is 366. The topological polar surface area (TPSA) is 43.1 Å². The molecule has 1 rings (SSSR count). The third-order valence-electron chi connectivity index (χ3n) is 2.48. The van der Waals surface area contributed by atoms with Crippen LogP contribution in [-0.2, 0) is 6.42 Å². The fourth-order valence-corrected chi connectivity index (χ4v) is 1.60. The second-order valence-electron chi connectivity index (χ2n) is 3.52. The predicted molar refractivity (Wildman–Crippen MR) is 56.9 cm³/mol. The van der Waals surface area contributed by atoms with E-state index in [1.807, 2.05) is 6.92 Å². The Morgan fingerprint density at radius 2 is 2.20 bits per heavy atom. The van der Waals surface area contributed by atoms with Gasteiger partial charge in [-0.25, -0.2) is 0 Å². The summed E-state index contributed by atoms with van der Waals surface area (Å²) in [5, 5.41) is 10.9. The summed E-state index contributed by atoms with van der Waals surface area (Å²) >= 11 is 0. The molecular weight excluding hydrogens is 197 g/mol. The van der Waals surface area contributed by atoms with E-state index in [9.17, 15) is 14.5 Å². The lowest BCUT2D eigenvalue weighted by Crippen LogP contribution is -2.04. The van der Waals surface area contributed by atoms with Crippen LogP contribution in [0, 0.1) is 10.1 Å². The van der Waals surface area contributed by atoms with Crippen LogP contribution in [0.15, 0.2) is 18.2 Å². The molecule has 0 saturated heterocycles. The van der Waals surface area contributed by atoms with Crippen molar-refractivity contribution in [3.63, 3.8) is 0 Å². The summed E-state index contributed by atoms with van der Waals surface area (Å²) in [5.41, 5.74) is 1.23. The zero-order chi connectivity index (χ0) is 11.4. The van der Waals surface area contributed by atoms with Crippen molar-refractivity contribution in [3.05, 3.63) is 39.4 Å². The molecule has 1 atom stereocenters. The van der Waals surface area contributed by atoms with Gasteiger partial charge in [-0.15, -0.1) is 0 Å². The normalized spacial score (nSPS) is 12.5. The number of para-hydroxylation sites is 1. The highest BCUT2D eigenvalue weighted by Crippen LogP contribution is 2.30. The van der Waals surface area contributed by atoms with Gasteiger partial charge < -0.3 is 0 Å². The van der Waals surface area contributed by atoms with Crippen LogP contribution < -0.4 is 0 Å². The number of nitro benzene ring substituents is 1. The molecule has 0 bridgehead atoms. The van der Waals surface area contributed by atoms with Crippen molar-refractivity contribution in [2.24, 2.45) is 0 Å². The molecule has 0 saturated carbocycles. The van der Waals surface area contributed by atoms with E-state index in [-0.39, 0.29) is 5.69 Å². The molecule has 0 N–H and O–H groups in total. The van der Waals surface area contributed by atoms with Crippen molar-refractivity contribution in [3.8, 4) is 0 Å². The van der Waals surface area contributed by atoms with Gasteiger partial charge in [0.25, 0.3) is 5.69 Å². The molecule has 0 aromatic heterocycles. The van der Waals surface area contributed by atoms with Gasteiger partial charge in [0.15, 0.2) is 0 Å². The summed E-state index contributed by atoms with van der Waals surface area (Å²) in [6.45, 7) is 2.93. The van der Waals surface area contributed by atoms with Gasteiger partial charge in [-0.1, -0.05) is 32.0 Å². The fourth-order valence-electron chi connectivity index (χ4n) is 1.60. The van der Waals surface area contributed by atoms with Crippen LogP contribution in [0.25, 0.3) is 0 Å². The predicted octanol–water partition coefficient (Wildman–Crippen LogP) is 3.23. The molecule has 0 fully saturated rings. The summed E-state index contributed by atoms with van der Waals surface area (Å²) in [6, 6.07) is 5.08. The quantitative estimate of drug-likeness (QED) is 0.566. The second-order valence-corrected chi connectivity index (χ2v) is 3.52. The molecule has 4 heteroatoms. The summed E-state index contributed by atoms with van der Waals surface area (Å²) in [5.74, 6) is -0.420. The first kappa shape index (κ1) is 11.6. The maximum Gasteiger partial charge on any atom is 0.276 e. The van der Waals surface area contributed by atoms with Crippen LogP contribution in [0.5, 0.6) is 0 Å². The number of hydrogen-bond acceptors (Lipinski definition) is 2. The van der Waals surface area contributed by atoms with Crippen LogP contribution in [0.3, 0.4) is 0 Å². The van der Waals surface area contributed by atoms with E-state index in [0.717, 1.165) is 0 Å². The van der Waals surface area contributed by atoms with Crippen molar-refractivity contribution in [1.29, 1.82) is 0 Å². The Morgan fingerprint density at radius 3 is 2.67 bits per heavy atom. The zero-order valence-corrected chi connectivity index (χ0v) is 8.87. The Labute approximate surface area is 88.1 Å². The summed E-state index contributed by atoms with van der Waals surface area (Å²) in [7, 11) is 0. The molecule has 1 aromatic rings. The first-order valence-corrected chi connectivity index (χ1v) is 4.93. The number of nitro groups is 1. The van der Waals surface area contributed by atoms with Gasteiger partial charge in [0.2, 0.25) is 0 Å². The smallest absolute Gasteiger partial charge is 0.258 e. The van der Waals surface area contributed by atoms with Crippen LogP contribution >= 0.6 is 0 Å². The summed E-state index contributed by atoms with van der Waals surface area (Å²) in [6.07, 6.45) is 0.586. The van der Waals surface area contributed by atoms with Gasteiger partial charge in [-0.05, 0) is 6.42 Å². The van der Waals surface area contributed by atoms with Crippen molar-refractivity contribution < 1.29 is 9.31 Å². The van der Waals surface area contributed by atoms with Crippen LogP contribution in [0.4, 0.5) is 10.1 Å². The molecule has 0 aliphatic heterocycles.